The summed E-state index contributed by atoms with van der Waals surface area (Å²) in [7, 11) is 1.75. The van der Waals surface area contributed by atoms with Gasteiger partial charge in [0.15, 0.2) is 5.78 Å². The molecule has 0 saturated heterocycles. The van der Waals surface area contributed by atoms with E-state index >= 15 is 0 Å². The van der Waals surface area contributed by atoms with Gasteiger partial charge in [0.25, 0.3) is 0 Å². The van der Waals surface area contributed by atoms with Gasteiger partial charge in [0.2, 0.25) is 0 Å². The zero-order valence-electron chi connectivity index (χ0n) is 10.6. The van der Waals surface area contributed by atoms with Gasteiger partial charge in [0, 0.05) is 12.6 Å². The number of nitrogens with zero attached hydrogens (tertiary/aromatic N) is 2. The van der Waals surface area contributed by atoms with Crippen LogP contribution in [-0.2, 0) is 7.05 Å². The van der Waals surface area contributed by atoms with Crippen LogP contribution in [0.4, 0.5) is 0 Å². The summed E-state index contributed by atoms with van der Waals surface area (Å²) in [6.45, 7) is 4.00. The fourth-order valence-corrected chi connectivity index (χ4v) is 2.09. The van der Waals surface area contributed by atoms with Gasteiger partial charge in [-0.3, -0.25) is 9.48 Å². The molecule has 0 aliphatic rings. The van der Waals surface area contributed by atoms with E-state index in [1.165, 1.54) is 0 Å². The Balaban J connectivity index is 2.54. The van der Waals surface area contributed by atoms with E-state index in [1.807, 2.05) is 32.0 Å². The lowest BCUT2D eigenvalue weighted by Gasteiger charge is -2.05. The van der Waals surface area contributed by atoms with Crippen LogP contribution >= 0.6 is 11.6 Å². The minimum absolute atomic E-state index is 0.0719. The predicted molar refractivity (Wildman–Crippen MR) is 72.2 cm³/mol. The van der Waals surface area contributed by atoms with Crippen LogP contribution in [0.15, 0.2) is 30.3 Å². The Morgan fingerprint density at radius 3 is 2.44 bits per heavy atom. The molecule has 94 valence electrons. The standard InChI is InChI=1S/C14H15ClN2O/c1-9(2)12-11(14(15)17(3)16-12)13(18)10-7-5-4-6-8-10/h4-9H,1-3H3. The molecule has 0 atom stereocenters. The maximum absolute atomic E-state index is 12.5. The van der Waals surface area contributed by atoms with Crippen molar-refractivity contribution in [1.82, 2.24) is 9.78 Å². The molecule has 4 heteroatoms. The third-order valence-electron chi connectivity index (χ3n) is 2.81. The number of halogens is 1. The number of carbonyl (C=O) groups excluding carboxylic acids is 1. The number of hydrogen-bond acceptors (Lipinski definition) is 2. The fraction of sp³-hybridized carbons (Fsp3) is 0.286. The van der Waals surface area contributed by atoms with Gasteiger partial charge in [0.1, 0.15) is 5.15 Å². The van der Waals surface area contributed by atoms with Crippen LogP contribution in [-0.4, -0.2) is 15.6 Å². The van der Waals surface area contributed by atoms with Gasteiger partial charge in [-0.2, -0.15) is 5.10 Å². The van der Waals surface area contributed by atoms with E-state index in [0.29, 0.717) is 16.3 Å². The summed E-state index contributed by atoms with van der Waals surface area (Å²) in [4.78, 5) is 12.5. The lowest BCUT2D eigenvalue weighted by Crippen LogP contribution is -2.05. The van der Waals surface area contributed by atoms with Crippen LogP contribution in [0, 0.1) is 0 Å². The molecule has 1 aromatic heterocycles. The third-order valence-corrected chi connectivity index (χ3v) is 3.25. The van der Waals surface area contributed by atoms with Gasteiger partial charge in [-0.25, -0.2) is 0 Å². The molecule has 0 unspecified atom stereocenters. The van der Waals surface area contributed by atoms with Crippen molar-refractivity contribution in [3.8, 4) is 0 Å². The summed E-state index contributed by atoms with van der Waals surface area (Å²) in [6.07, 6.45) is 0. The third kappa shape index (κ3) is 2.18. The second-order valence-electron chi connectivity index (χ2n) is 4.52. The Kier molecular flexibility index (Phi) is 3.53. The molecule has 0 spiro atoms. The van der Waals surface area contributed by atoms with Gasteiger partial charge < -0.3 is 0 Å². The minimum atomic E-state index is -0.0719. The molecule has 0 bridgehead atoms. The number of ketones is 1. The Morgan fingerprint density at radius 2 is 1.89 bits per heavy atom. The molecule has 0 radical (unpaired) electrons. The predicted octanol–water partition coefficient (Wildman–Crippen LogP) is 3.43. The number of aromatic nitrogens is 2. The largest absolute Gasteiger partial charge is 0.288 e. The van der Waals surface area contributed by atoms with Gasteiger partial charge >= 0.3 is 0 Å². The highest BCUT2D eigenvalue weighted by molar-refractivity contribution is 6.34. The molecule has 0 amide bonds. The van der Waals surface area contributed by atoms with Gasteiger partial charge in [-0.15, -0.1) is 0 Å². The van der Waals surface area contributed by atoms with E-state index < -0.39 is 0 Å². The van der Waals surface area contributed by atoms with Crippen molar-refractivity contribution in [3.05, 3.63) is 52.3 Å². The van der Waals surface area contributed by atoms with Crippen molar-refractivity contribution in [1.29, 1.82) is 0 Å². The monoisotopic (exact) mass is 262 g/mol. The normalized spacial score (nSPS) is 10.9. The Morgan fingerprint density at radius 1 is 1.28 bits per heavy atom. The fourth-order valence-electron chi connectivity index (χ4n) is 1.87. The summed E-state index contributed by atoms with van der Waals surface area (Å²) in [6, 6.07) is 9.13. The topological polar surface area (TPSA) is 34.9 Å². The molecule has 0 aliphatic carbocycles. The second-order valence-corrected chi connectivity index (χ2v) is 4.88. The summed E-state index contributed by atoms with van der Waals surface area (Å²) < 4.78 is 1.55. The van der Waals surface area contributed by atoms with Crippen molar-refractivity contribution in [3.63, 3.8) is 0 Å². The number of benzene rings is 1. The van der Waals surface area contributed by atoms with E-state index in [4.69, 9.17) is 11.6 Å². The molecule has 0 fully saturated rings. The maximum atomic E-state index is 12.5. The molecule has 2 aromatic rings. The van der Waals surface area contributed by atoms with Crippen molar-refractivity contribution >= 4 is 17.4 Å². The minimum Gasteiger partial charge on any atom is -0.288 e. The molecular weight excluding hydrogens is 248 g/mol. The summed E-state index contributed by atoms with van der Waals surface area (Å²) >= 11 is 6.18. The highest BCUT2D eigenvalue weighted by Gasteiger charge is 2.23. The first-order valence-corrected chi connectivity index (χ1v) is 6.22. The lowest BCUT2D eigenvalue weighted by atomic mass is 9.99. The van der Waals surface area contributed by atoms with Gasteiger partial charge in [-0.05, 0) is 5.92 Å². The van der Waals surface area contributed by atoms with Crippen LogP contribution in [0.3, 0.4) is 0 Å². The first-order valence-electron chi connectivity index (χ1n) is 5.84. The number of carbonyl (C=O) groups is 1. The highest BCUT2D eigenvalue weighted by atomic mass is 35.5. The summed E-state index contributed by atoms with van der Waals surface area (Å²) in [5.74, 6) is 0.0868. The van der Waals surface area contributed by atoms with Crippen molar-refractivity contribution in [2.24, 2.45) is 7.05 Å². The second kappa shape index (κ2) is 4.94. The smallest absolute Gasteiger partial charge is 0.198 e. The zero-order valence-corrected chi connectivity index (χ0v) is 11.4. The molecule has 1 heterocycles. The van der Waals surface area contributed by atoms with E-state index in [9.17, 15) is 4.79 Å². The average molecular weight is 263 g/mol. The summed E-state index contributed by atoms with van der Waals surface area (Å²) in [5.41, 5.74) is 1.89. The number of rotatable bonds is 3. The lowest BCUT2D eigenvalue weighted by molar-refractivity contribution is 0.103. The quantitative estimate of drug-likeness (QED) is 0.795. The highest BCUT2D eigenvalue weighted by Crippen LogP contribution is 2.27. The first-order chi connectivity index (χ1) is 8.52. The maximum Gasteiger partial charge on any atom is 0.198 e. The molecule has 0 N–H and O–H groups in total. The van der Waals surface area contributed by atoms with Crippen molar-refractivity contribution in [2.45, 2.75) is 19.8 Å². The SMILES string of the molecule is CC(C)c1nn(C)c(Cl)c1C(=O)c1ccccc1. The first kappa shape index (κ1) is 12.8. The Labute approximate surface area is 111 Å². The molecule has 0 aliphatic heterocycles. The van der Waals surface area contributed by atoms with Gasteiger partial charge in [-0.1, -0.05) is 55.8 Å². The number of hydrogen-bond donors (Lipinski definition) is 0. The Hall–Kier alpha value is -1.61. The van der Waals surface area contributed by atoms with E-state index in [1.54, 1.807) is 23.9 Å². The zero-order chi connectivity index (χ0) is 13.3. The summed E-state index contributed by atoms with van der Waals surface area (Å²) in [5, 5.41) is 4.72. The average Bonchev–Trinajstić information content (AvgIpc) is 2.66. The van der Waals surface area contributed by atoms with Crippen molar-refractivity contribution < 1.29 is 4.79 Å². The molecule has 0 saturated carbocycles. The molecule has 3 nitrogen and oxygen atoms in total. The van der Waals surface area contributed by atoms with Gasteiger partial charge in [0.05, 0.1) is 11.3 Å². The van der Waals surface area contributed by atoms with Crippen LogP contribution in [0.2, 0.25) is 5.15 Å². The van der Waals surface area contributed by atoms with E-state index in [0.717, 1.165) is 5.69 Å². The van der Waals surface area contributed by atoms with Crippen LogP contribution in [0.25, 0.3) is 0 Å². The van der Waals surface area contributed by atoms with E-state index in [-0.39, 0.29) is 11.7 Å². The van der Waals surface area contributed by atoms with Crippen molar-refractivity contribution in [2.75, 3.05) is 0 Å². The molecule has 18 heavy (non-hydrogen) atoms. The van der Waals surface area contributed by atoms with Crippen LogP contribution in [0.5, 0.6) is 0 Å². The molecule has 2 rings (SSSR count). The molecular formula is C14H15ClN2O. The van der Waals surface area contributed by atoms with Crippen LogP contribution < -0.4 is 0 Å². The molecule has 1 aromatic carbocycles. The Bertz CT molecular complexity index is 573. The number of aryl methyl sites for hydroxylation is 1. The van der Waals surface area contributed by atoms with E-state index in [2.05, 4.69) is 5.10 Å². The van der Waals surface area contributed by atoms with Crippen LogP contribution in [0.1, 0.15) is 41.4 Å².